The molecule has 8 heteroatoms. The second-order valence-electron chi connectivity index (χ2n) is 4.10. The lowest BCUT2D eigenvalue weighted by atomic mass is 10.1. The van der Waals surface area contributed by atoms with Gasteiger partial charge in [0.2, 0.25) is 0 Å². The van der Waals surface area contributed by atoms with E-state index < -0.39 is 36.5 Å². The fourth-order valence-corrected chi connectivity index (χ4v) is 1.68. The molecule has 0 aromatic heterocycles. The molecule has 1 aromatic carbocycles. The summed E-state index contributed by atoms with van der Waals surface area (Å²) in [6.45, 7) is -1.35. The van der Waals surface area contributed by atoms with Gasteiger partial charge in [0.05, 0.1) is 13.1 Å². The fraction of sp³-hybridized carbons (Fsp3) is 0.250. The number of carbonyl (C=O) groups is 3. The van der Waals surface area contributed by atoms with E-state index in [0.29, 0.717) is 6.29 Å². The summed E-state index contributed by atoms with van der Waals surface area (Å²) in [6.07, 6.45) is 0.446. The lowest BCUT2D eigenvalue weighted by Crippen LogP contribution is -2.34. The molecule has 0 atom stereocenters. The zero-order valence-corrected chi connectivity index (χ0v) is 10.3. The van der Waals surface area contributed by atoms with Crippen LogP contribution in [0.25, 0.3) is 0 Å². The van der Waals surface area contributed by atoms with Crippen molar-refractivity contribution in [3.8, 4) is 11.5 Å². The van der Waals surface area contributed by atoms with Crippen LogP contribution >= 0.6 is 0 Å². The Balaban J connectivity index is 3.02. The van der Waals surface area contributed by atoms with E-state index in [1.165, 1.54) is 6.07 Å². The topological polar surface area (TPSA) is 135 Å². The molecular weight excluding hydrogens is 270 g/mol. The van der Waals surface area contributed by atoms with E-state index in [1.54, 1.807) is 0 Å². The lowest BCUT2D eigenvalue weighted by Gasteiger charge is -2.19. The molecule has 4 N–H and O–H groups in total. The van der Waals surface area contributed by atoms with E-state index in [0.717, 1.165) is 11.0 Å². The second-order valence-corrected chi connectivity index (χ2v) is 4.10. The predicted molar refractivity (Wildman–Crippen MR) is 65.7 cm³/mol. The fourth-order valence-electron chi connectivity index (χ4n) is 1.68. The van der Waals surface area contributed by atoms with Gasteiger partial charge in [0, 0.05) is 17.7 Å². The molecular formula is C12H13NO7. The van der Waals surface area contributed by atoms with Crippen LogP contribution in [0.3, 0.4) is 0 Å². The van der Waals surface area contributed by atoms with Gasteiger partial charge in [0.25, 0.3) is 0 Å². The first-order valence-electron chi connectivity index (χ1n) is 5.49. The number of phenols is 2. The zero-order chi connectivity index (χ0) is 15.3. The number of aldehydes is 1. The van der Waals surface area contributed by atoms with Crippen molar-refractivity contribution >= 4 is 18.2 Å². The SMILES string of the molecule is O=Cc1cc(O)c(O)c(CN(CC(=O)O)CC(=O)O)c1. The highest BCUT2D eigenvalue weighted by atomic mass is 16.4. The highest BCUT2D eigenvalue weighted by Crippen LogP contribution is 2.30. The average Bonchev–Trinajstić information content (AvgIpc) is 2.32. The quantitative estimate of drug-likeness (QED) is 0.402. The third-order valence-corrected chi connectivity index (χ3v) is 2.44. The minimum absolute atomic E-state index is 0.0644. The number of aromatic hydroxyl groups is 2. The molecule has 0 aliphatic carbocycles. The molecule has 108 valence electrons. The molecule has 0 amide bonds. The van der Waals surface area contributed by atoms with Crippen LogP contribution in [0.2, 0.25) is 0 Å². The van der Waals surface area contributed by atoms with Crippen LogP contribution in [0.1, 0.15) is 15.9 Å². The largest absolute Gasteiger partial charge is 0.504 e. The summed E-state index contributed by atoms with van der Waals surface area (Å²) >= 11 is 0. The van der Waals surface area contributed by atoms with Gasteiger partial charge < -0.3 is 20.4 Å². The normalized spacial score (nSPS) is 10.4. The first-order valence-corrected chi connectivity index (χ1v) is 5.49. The summed E-state index contributed by atoms with van der Waals surface area (Å²) in [5, 5.41) is 36.5. The summed E-state index contributed by atoms with van der Waals surface area (Å²) < 4.78 is 0. The number of carboxylic acid groups (broad SMARTS) is 2. The van der Waals surface area contributed by atoms with Crippen molar-refractivity contribution < 1.29 is 34.8 Å². The van der Waals surface area contributed by atoms with Gasteiger partial charge in [0.1, 0.15) is 6.29 Å². The first-order chi connectivity index (χ1) is 9.33. The maximum absolute atomic E-state index is 10.7. The van der Waals surface area contributed by atoms with Gasteiger partial charge in [-0.25, -0.2) is 0 Å². The monoisotopic (exact) mass is 283 g/mol. The van der Waals surface area contributed by atoms with Gasteiger partial charge >= 0.3 is 11.9 Å². The van der Waals surface area contributed by atoms with Crippen LogP contribution in [0, 0.1) is 0 Å². The van der Waals surface area contributed by atoms with Crippen molar-refractivity contribution in [3.05, 3.63) is 23.3 Å². The van der Waals surface area contributed by atoms with Gasteiger partial charge in [-0.2, -0.15) is 0 Å². The number of aliphatic carboxylic acids is 2. The van der Waals surface area contributed by atoms with Crippen LogP contribution in [-0.2, 0) is 16.1 Å². The van der Waals surface area contributed by atoms with E-state index in [2.05, 4.69) is 0 Å². The molecule has 0 bridgehead atoms. The Bertz CT molecular complexity index is 525. The van der Waals surface area contributed by atoms with Gasteiger partial charge in [-0.1, -0.05) is 0 Å². The van der Waals surface area contributed by atoms with Gasteiger partial charge in [-0.3, -0.25) is 19.3 Å². The number of hydrogen-bond donors (Lipinski definition) is 4. The molecule has 1 aromatic rings. The van der Waals surface area contributed by atoms with Crippen molar-refractivity contribution in [3.63, 3.8) is 0 Å². The predicted octanol–water partition coefficient (Wildman–Crippen LogP) is -0.119. The molecule has 20 heavy (non-hydrogen) atoms. The summed E-state index contributed by atoms with van der Waals surface area (Å²) in [6, 6.07) is 2.29. The molecule has 0 spiro atoms. The maximum atomic E-state index is 10.7. The summed E-state index contributed by atoms with van der Waals surface area (Å²) in [5.74, 6) is -3.52. The summed E-state index contributed by atoms with van der Waals surface area (Å²) in [4.78, 5) is 33.0. The van der Waals surface area contributed by atoms with Crippen LogP contribution < -0.4 is 0 Å². The molecule has 0 unspecified atom stereocenters. The van der Waals surface area contributed by atoms with Crippen molar-refractivity contribution in [2.24, 2.45) is 0 Å². The van der Waals surface area contributed by atoms with Crippen LogP contribution in [0.15, 0.2) is 12.1 Å². The Morgan fingerprint density at radius 2 is 1.65 bits per heavy atom. The maximum Gasteiger partial charge on any atom is 0.317 e. The Kier molecular flexibility index (Phi) is 5.04. The van der Waals surface area contributed by atoms with E-state index >= 15 is 0 Å². The molecule has 0 aliphatic heterocycles. The minimum Gasteiger partial charge on any atom is -0.504 e. The molecule has 0 radical (unpaired) electrons. The number of hydrogen-bond acceptors (Lipinski definition) is 6. The molecule has 0 aliphatic rings. The van der Waals surface area contributed by atoms with Crippen molar-refractivity contribution in [1.82, 2.24) is 4.90 Å². The third-order valence-electron chi connectivity index (χ3n) is 2.44. The number of carboxylic acids is 2. The highest BCUT2D eigenvalue weighted by Gasteiger charge is 2.17. The minimum atomic E-state index is -1.23. The van der Waals surface area contributed by atoms with Gasteiger partial charge in [-0.05, 0) is 12.1 Å². The van der Waals surface area contributed by atoms with Crippen molar-refractivity contribution in [2.75, 3.05) is 13.1 Å². The average molecular weight is 283 g/mol. The van der Waals surface area contributed by atoms with Crippen LogP contribution in [0.5, 0.6) is 11.5 Å². The standard InChI is InChI=1S/C12H13NO7/c14-6-7-1-8(12(20)9(15)2-7)3-13(4-10(16)17)5-11(18)19/h1-2,6,15,20H,3-5H2,(H,16,17)(H,18,19). The van der Waals surface area contributed by atoms with Crippen LogP contribution in [-0.4, -0.2) is 56.6 Å². The number of phenolic OH excluding ortho intramolecular Hbond substituents is 2. The number of carbonyl (C=O) groups excluding carboxylic acids is 1. The van der Waals surface area contributed by atoms with Gasteiger partial charge in [0.15, 0.2) is 11.5 Å². The Labute approximate surface area is 113 Å². The molecule has 0 heterocycles. The smallest absolute Gasteiger partial charge is 0.317 e. The molecule has 0 fully saturated rings. The summed E-state index contributed by atoms with van der Waals surface area (Å²) in [7, 11) is 0. The van der Waals surface area contributed by atoms with Crippen molar-refractivity contribution in [2.45, 2.75) is 6.54 Å². The Morgan fingerprint density at radius 3 is 2.10 bits per heavy atom. The molecule has 0 saturated heterocycles. The molecule has 8 nitrogen and oxygen atoms in total. The van der Waals surface area contributed by atoms with Gasteiger partial charge in [-0.15, -0.1) is 0 Å². The number of benzene rings is 1. The summed E-state index contributed by atoms with van der Waals surface area (Å²) in [5.41, 5.74) is 0.149. The number of rotatable bonds is 7. The lowest BCUT2D eigenvalue weighted by molar-refractivity contribution is -0.142. The molecule has 0 saturated carbocycles. The van der Waals surface area contributed by atoms with E-state index in [9.17, 15) is 24.6 Å². The first kappa shape index (κ1) is 15.4. The zero-order valence-electron chi connectivity index (χ0n) is 10.3. The molecule has 1 rings (SSSR count). The van der Waals surface area contributed by atoms with E-state index in [-0.39, 0.29) is 17.7 Å². The highest BCUT2D eigenvalue weighted by molar-refractivity contribution is 5.77. The van der Waals surface area contributed by atoms with E-state index in [4.69, 9.17) is 10.2 Å². The van der Waals surface area contributed by atoms with E-state index in [1.807, 2.05) is 0 Å². The number of nitrogens with zero attached hydrogens (tertiary/aromatic N) is 1. The Morgan fingerprint density at radius 1 is 1.10 bits per heavy atom. The second kappa shape index (κ2) is 6.53. The van der Waals surface area contributed by atoms with Crippen LogP contribution in [0.4, 0.5) is 0 Å². The Hall–Kier alpha value is -2.61. The van der Waals surface area contributed by atoms with Crippen molar-refractivity contribution in [1.29, 1.82) is 0 Å². The third kappa shape index (κ3) is 4.25.